The van der Waals surface area contributed by atoms with Crippen LogP contribution in [-0.4, -0.2) is 70.1 Å². The zero-order chi connectivity index (χ0) is 22.1. The number of fused-ring (bicyclic) bond motifs is 1. The molecule has 2 aliphatic heterocycles. The van der Waals surface area contributed by atoms with Gasteiger partial charge in [0.2, 0.25) is 5.95 Å². The summed E-state index contributed by atoms with van der Waals surface area (Å²) in [4.78, 5) is 28.8. The smallest absolute Gasteiger partial charge is 0.261 e. The molecule has 2 amide bonds. The lowest BCUT2D eigenvalue weighted by molar-refractivity contribution is 0.0664. The molecule has 0 radical (unpaired) electrons. The van der Waals surface area contributed by atoms with Crippen molar-refractivity contribution in [1.82, 2.24) is 19.7 Å². The molecule has 2 aliphatic rings. The SMILES string of the molecule is Cc1ccccc1-n1c(SCCN2C(=O)c3ccccc3C2=O)nnc1N1CCOCC1. The minimum absolute atomic E-state index is 0.236. The van der Waals surface area contributed by atoms with Crippen LogP contribution >= 0.6 is 11.8 Å². The Balaban J connectivity index is 1.37. The van der Waals surface area contributed by atoms with Gasteiger partial charge in [0.25, 0.3) is 11.8 Å². The van der Waals surface area contributed by atoms with E-state index in [1.54, 1.807) is 24.3 Å². The summed E-state index contributed by atoms with van der Waals surface area (Å²) in [6, 6.07) is 15.1. The van der Waals surface area contributed by atoms with Crippen LogP contribution < -0.4 is 4.90 Å². The van der Waals surface area contributed by atoms with E-state index in [1.807, 2.05) is 12.1 Å². The summed E-state index contributed by atoms with van der Waals surface area (Å²) < 4.78 is 7.56. The Bertz CT molecular complexity index is 1140. The van der Waals surface area contributed by atoms with E-state index in [-0.39, 0.29) is 11.8 Å². The van der Waals surface area contributed by atoms with Crippen molar-refractivity contribution in [3.8, 4) is 5.69 Å². The lowest BCUT2D eigenvalue weighted by Gasteiger charge is -2.28. The summed E-state index contributed by atoms with van der Waals surface area (Å²) >= 11 is 1.49. The number of benzene rings is 2. The molecule has 9 heteroatoms. The fraction of sp³-hybridized carbons (Fsp3) is 0.304. The topological polar surface area (TPSA) is 80.6 Å². The van der Waals surface area contributed by atoms with Gasteiger partial charge < -0.3 is 9.64 Å². The second kappa shape index (κ2) is 8.76. The van der Waals surface area contributed by atoms with Crippen molar-refractivity contribution in [3.63, 3.8) is 0 Å². The molecule has 1 fully saturated rings. The van der Waals surface area contributed by atoms with Crippen LogP contribution in [0.3, 0.4) is 0 Å². The zero-order valence-corrected chi connectivity index (χ0v) is 18.5. The number of thioether (sulfide) groups is 1. The number of rotatable bonds is 6. The van der Waals surface area contributed by atoms with Gasteiger partial charge in [0.05, 0.1) is 30.0 Å². The lowest BCUT2D eigenvalue weighted by atomic mass is 10.1. The summed E-state index contributed by atoms with van der Waals surface area (Å²) in [5, 5.41) is 9.67. The third-order valence-electron chi connectivity index (χ3n) is 5.69. The Hall–Kier alpha value is -3.17. The fourth-order valence-corrected chi connectivity index (χ4v) is 4.88. The molecule has 8 nitrogen and oxygen atoms in total. The van der Waals surface area contributed by atoms with Crippen LogP contribution in [0.4, 0.5) is 5.95 Å². The number of amides is 2. The van der Waals surface area contributed by atoms with Crippen molar-refractivity contribution < 1.29 is 14.3 Å². The molecule has 32 heavy (non-hydrogen) atoms. The number of para-hydroxylation sites is 1. The van der Waals surface area contributed by atoms with Crippen molar-refractivity contribution in [3.05, 3.63) is 65.2 Å². The molecule has 0 bridgehead atoms. The number of hydrogen-bond donors (Lipinski definition) is 0. The summed E-state index contributed by atoms with van der Waals surface area (Å²) in [6.45, 7) is 5.19. The Morgan fingerprint density at radius 2 is 1.59 bits per heavy atom. The minimum Gasteiger partial charge on any atom is -0.378 e. The van der Waals surface area contributed by atoms with Gasteiger partial charge in [-0.05, 0) is 30.7 Å². The minimum atomic E-state index is -0.236. The molecule has 0 N–H and O–H groups in total. The zero-order valence-electron chi connectivity index (χ0n) is 17.7. The van der Waals surface area contributed by atoms with Gasteiger partial charge in [-0.25, -0.2) is 0 Å². The molecule has 0 spiro atoms. The molecule has 1 aromatic heterocycles. The van der Waals surface area contributed by atoms with E-state index >= 15 is 0 Å². The first-order chi connectivity index (χ1) is 15.6. The van der Waals surface area contributed by atoms with Crippen molar-refractivity contribution in [2.75, 3.05) is 43.5 Å². The van der Waals surface area contributed by atoms with E-state index in [1.165, 1.54) is 16.7 Å². The summed E-state index contributed by atoms with van der Waals surface area (Å²) in [7, 11) is 0. The highest BCUT2D eigenvalue weighted by atomic mass is 32.2. The Morgan fingerprint density at radius 3 is 2.28 bits per heavy atom. The second-order valence-electron chi connectivity index (χ2n) is 7.66. The molecule has 164 valence electrons. The average molecular weight is 450 g/mol. The number of anilines is 1. The number of ether oxygens (including phenoxy) is 1. The highest BCUT2D eigenvalue weighted by Gasteiger charge is 2.34. The highest BCUT2D eigenvalue weighted by molar-refractivity contribution is 7.99. The van der Waals surface area contributed by atoms with Crippen LogP contribution in [0.1, 0.15) is 26.3 Å². The van der Waals surface area contributed by atoms with Crippen molar-refractivity contribution in [2.24, 2.45) is 0 Å². The van der Waals surface area contributed by atoms with E-state index in [0.717, 1.165) is 35.4 Å². The molecular formula is C23H23N5O3S. The van der Waals surface area contributed by atoms with Gasteiger partial charge >= 0.3 is 0 Å². The van der Waals surface area contributed by atoms with Crippen LogP contribution in [0.15, 0.2) is 53.7 Å². The summed E-state index contributed by atoms with van der Waals surface area (Å²) in [5.41, 5.74) is 3.08. The maximum absolute atomic E-state index is 12.6. The number of imide groups is 1. The fourth-order valence-electron chi connectivity index (χ4n) is 4.02. The first-order valence-electron chi connectivity index (χ1n) is 10.6. The molecule has 0 atom stereocenters. The van der Waals surface area contributed by atoms with E-state index in [0.29, 0.717) is 36.6 Å². The molecule has 3 heterocycles. The highest BCUT2D eigenvalue weighted by Crippen LogP contribution is 2.29. The third kappa shape index (κ3) is 3.67. The van der Waals surface area contributed by atoms with E-state index in [2.05, 4.69) is 38.7 Å². The van der Waals surface area contributed by atoms with Crippen LogP contribution in [0, 0.1) is 6.92 Å². The quantitative estimate of drug-likeness (QED) is 0.423. The monoisotopic (exact) mass is 449 g/mol. The number of hydrogen-bond acceptors (Lipinski definition) is 7. The second-order valence-corrected chi connectivity index (χ2v) is 8.72. The molecule has 0 aliphatic carbocycles. The van der Waals surface area contributed by atoms with Crippen LogP contribution in [0.25, 0.3) is 5.69 Å². The average Bonchev–Trinajstić information content (AvgIpc) is 3.35. The molecule has 1 saturated heterocycles. The van der Waals surface area contributed by atoms with Crippen LogP contribution in [-0.2, 0) is 4.74 Å². The number of nitrogens with zero attached hydrogens (tertiary/aromatic N) is 5. The third-order valence-corrected chi connectivity index (χ3v) is 6.60. The van der Waals surface area contributed by atoms with E-state index < -0.39 is 0 Å². The summed E-state index contributed by atoms with van der Waals surface area (Å²) in [6.07, 6.45) is 0. The maximum atomic E-state index is 12.6. The number of aromatic nitrogens is 3. The van der Waals surface area contributed by atoms with Gasteiger partial charge in [0.15, 0.2) is 5.16 Å². The number of aryl methyl sites for hydroxylation is 1. The molecule has 3 aromatic rings. The van der Waals surface area contributed by atoms with Gasteiger partial charge in [0, 0.05) is 25.4 Å². The number of morpholine rings is 1. The largest absolute Gasteiger partial charge is 0.378 e. The van der Waals surface area contributed by atoms with E-state index in [9.17, 15) is 9.59 Å². The van der Waals surface area contributed by atoms with Crippen molar-refractivity contribution in [2.45, 2.75) is 12.1 Å². The van der Waals surface area contributed by atoms with Gasteiger partial charge in [-0.3, -0.25) is 19.1 Å². The maximum Gasteiger partial charge on any atom is 0.261 e. The Morgan fingerprint density at radius 1 is 0.938 bits per heavy atom. The predicted octanol–water partition coefficient (Wildman–Crippen LogP) is 2.80. The molecule has 5 rings (SSSR count). The Labute approximate surface area is 190 Å². The van der Waals surface area contributed by atoms with Crippen molar-refractivity contribution in [1.29, 1.82) is 0 Å². The molecule has 0 saturated carbocycles. The van der Waals surface area contributed by atoms with E-state index in [4.69, 9.17) is 4.74 Å². The Kier molecular flexibility index (Phi) is 5.67. The first kappa shape index (κ1) is 20.7. The predicted molar refractivity (Wildman–Crippen MR) is 122 cm³/mol. The van der Waals surface area contributed by atoms with Gasteiger partial charge in [-0.15, -0.1) is 10.2 Å². The molecule has 2 aromatic carbocycles. The summed E-state index contributed by atoms with van der Waals surface area (Å²) in [5.74, 6) is 0.838. The molecular weight excluding hydrogens is 426 g/mol. The number of carbonyl (C=O) groups excluding carboxylic acids is 2. The normalized spacial score (nSPS) is 16.0. The van der Waals surface area contributed by atoms with Gasteiger partial charge in [0.1, 0.15) is 0 Å². The van der Waals surface area contributed by atoms with Crippen LogP contribution in [0.5, 0.6) is 0 Å². The number of carbonyl (C=O) groups is 2. The molecule has 0 unspecified atom stereocenters. The van der Waals surface area contributed by atoms with Crippen molar-refractivity contribution >= 4 is 29.5 Å². The van der Waals surface area contributed by atoms with Crippen LogP contribution in [0.2, 0.25) is 0 Å². The first-order valence-corrected chi connectivity index (χ1v) is 11.6. The van der Waals surface area contributed by atoms with Gasteiger partial charge in [-0.2, -0.15) is 0 Å². The van der Waals surface area contributed by atoms with Gasteiger partial charge in [-0.1, -0.05) is 42.1 Å². The standard InChI is InChI=1S/C23H23N5O3S/c1-16-6-2-5-9-19(16)28-22(26-10-13-31-14-11-26)24-25-23(28)32-15-12-27-20(29)17-7-3-4-8-18(17)21(27)30/h2-9H,10-15H2,1H3. The lowest BCUT2D eigenvalue weighted by Crippen LogP contribution is -2.38.